The Morgan fingerprint density at radius 3 is 2.10 bits per heavy atom. The summed E-state index contributed by atoms with van der Waals surface area (Å²) in [6.45, 7) is 2.93. The van der Waals surface area contributed by atoms with E-state index in [2.05, 4.69) is 15.9 Å². The van der Waals surface area contributed by atoms with Crippen LogP contribution in [0.1, 0.15) is 20.3 Å². The van der Waals surface area contributed by atoms with Crippen molar-refractivity contribution in [3.8, 4) is 0 Å². The molecule has 0 N–H and O–H groups in total. The number of ketones is 2. The molecular formula is C6H8BrClO2. The molecule has 0 radical (unpaired) electrons. The van der Waals surface area contributed by atoms with Crippen molar-refractivity contribution in [2.24, 2.45) is 0 Å². The van der Waals surface area contributed by atoms with Gasteiger partial charge in [-0.05, 0) is 6.92 Å². The van der Waals surface area contributed by atoms with Crippen LogP contribution in [0.5, 0.6) is 0 Å². The minimum atomic E-state index is -1.48. The lowest BCUT2D eigenvalue weighted by Crippen LogP contribution is -2.32. The quantitative estimate of drug-likeness (QED) is 0.545. The van der Waals surface area contributed by atoms with Crippen molar-refractivity contribution in [2.75, 3.05) is 0 Å². The molecule has 0 rings (SSSR count). The predicted octanol–water partition coefficient (Wildman–Crippen LogP) is 1.88. The molecule has 1 atom stereocenters. The van der Waals surface area contributed by atoms with Gasteiger partial charge in [0.05, 0.1) is 0 Å². The summed E-state index contributed by atoms with van der Waals surface area (Å²) < 4.78 is -1.48. The Morgan fingerprint density at radius 1 is 1.60 bits per heavy atom. The van der Waals surface area contributed by atoms with E-state index >= 15 is 0 Å². The van der Waals surface area contributed by atoms with Crippen molar-refractivity contribution in [3.63, 3.8) is 0 Å². The van der Waals surface area contributed by atoms with Crippen LogP contribution in [0, 0.1) is 0 Å². The molecule has 0 saturated heterocycles. The van der Waals surface area contributed by atoms with Crippen LogP contribution in [0.25, 0.3) is 0 Å². The van der Waals surface area contributed by atoms with Crippen LogP contribution >= 0.6 is 27.5 Å². The molecule has 0 aromatic carbocycles. The van der Waals surface area contributed by atoms with Crippen molar-refractivity contribution in [1.82, 2.24) is 0 Å². The molecule has 0 aromatic rings. The molecule has 0 aromatic heterocycles. The van der Waals surface area contributed by atoms with E-state index in [0.29, 0.717) is 0 Å². The fourth-order valence-electron chi connectivity index (χ4n) is 0.418. The van der Waals surface area contributed by atoms with Crippen LogP contribution in [0.15, 0.2) is 0 Å². The van der Waals surface area contributed by atoms with E-state index < -0.39 is 3.78 Å². The Kier molecular flexibility index (Phi) is 3.52. The molecule has 1 unspecified atom stereocenters. The van der Waals surface area contributed by atoms with Crippen LogP contribution in [0.2, 0.25) is 0 Å². The molecule has 10 heavy (non-hydrogen) atoms. The second-order valence-corrected chi connectivity index (χ2v) is 4.12. The first-order chi connectivity index (χ1) is 4.42. The number of hydrogen-bond acceptors (Lipinski definition) is 2. The molecular weight excluding hydrogens is 219 g/mol. The lowest BCUT2D eigenvalue weighted by Gasteiger charge is -2.12. The van der Waals surface area contributed by atoms with Gasteiger partial charge in [-0.3, -0.25) is 9.59 Å². The first-order valence-corrected chi connectivity index (χ1v) is 4.02. The summed E-state index contributed by atoms with van der Waals surface area (Å²) in [5, 5.41) is 0. The fourth-order valence-corrected chi connectivity index (χ4v) is 0.832. The monoisotopic (exact) mass is 226 g/mol. The zero-order chi connectivity index (χ0) is 8.36. The number of Topliss-reactive ketones (excluding diaryl/α,β-unsaturated/α-hetero) is 2. The van der Waals surface area contributed by atoms with Crippen molar-refractivity contribution < 1.29 is 9.59 Å². The van der Waals surface area contributed by atoms with Crippen LogP contribution in [-0.4, -0.2) is 15.3 Å². The summed E-state index contributed by atoms with van der Waals surface area (Å²) in [7, 11) is 0. The maximum Gasteiger partial charge on any atom is 0.214 e. The van der Waals surface area contributed by atoms with Crippen molar-refractivity contribution in [3.05, 3.63) is 0 Å². The third-order valence-corrected chi connectivity index (χ3v) is 2.59. The van der Waals surface area contributed by atoms with Gasteiger partial charge in [-0.15, -0.1) is 0 Å². The summed E-state index contributed by atoms with van der Waals surface area (Å²) in [5.41, 5.74) is 0. The van der Waals surface area contributed by atoms with Gasteiger partial charge < -0.3 is 0 Å². The lowest BCUT2D eigenvalue weighted by atomic mass is 10.2. The van der Waals surface area contributed by atoms with E-state index in [-0.39, 0.29) is 18.0 Å². The van der Waals surface area contributed by atoms with Gasteiger partial charge in [-0.25, -0.2) is 0 Å². The van der Waals surface area contributed by atoms with Crippen LogP contribution < -0.4 is 0 Å². The largest absolute Gasteiger partial charge is 0.297 e. The second-order valence-electron chi connectivity index (χ2n) is 1.91. The Morgan fingerprint density at radius 2 is 2.00 bits per heavy atom. The number of alkyl halides is 2. The topological polar surface area (TPSA) is 34.1 Å². The number of hydrogen-bond donors (Lipinski definition) is 0. The van der Waals surface area contributed by atoms with Gasteiger partial charge in [0.2, 0.25) is 3.78 Å². The number of rotatable bonds is 3. The number of carbonyl (C=O) groups is 2. The Labute approximate surface area is 73.1 Å². The van der Waals surface area contributed by atoms with Gasteiger partial charge in [-0.2, -0.15) is 0 Å². The minimum absolute atomic E-state index is 0.258. The summed E-state index contributed by atoms with van der Waals surface area (Å²) in [4.78, 5) is 21.5. The second kappa shape index (κ2) is 3.49. The fraction of sp³-hybridized carbons (Fsp3) is 0.667. The standard InChI is InChI=1S/C6H8BrClO2/c1-3-5(10)6(7,8)4(2)9/h3H2,1-2H3. The molecule has 0 heterocycles. The molecule has 0 spiro atoms. The van der Waals surface area contributed by atoms with E-state index in [1.165, 1.54) is 6.92 Å². The molecule has 0 amide bonds. The molecule has 0 aliphatic rings. The molecule has 58 valence electrons. The van der Waals surface area contributed by atoms with Gasteiger partial charge in [0, 0.05) is 6.42 Å². The van der Waals surface area contributed by atoms with Crippen molar-refractivity contribution in [2.45, 2.75) is 24.1 Å². The normalized spacial score (nSPS) is 16.0. The number of halogens is 2. The number of carbonyl (C=O) groups excluding carboxylic acids is 2. The highest BCUT2D eigenvalue weighted by Gasteiger charge is 2.36. The Bertz CT molecular complexity index is 165. The Hall–Kier alpha value is 0.110. The highest BCUT2D eigenvalue weighted by molar-refractivity contribution is 9.11. The van der Waals surface area contributed by atoms with Gasteiger partial charge in [0.15, 0.2) is 11.6 Å². The van der Waals surface area contributed by atoms with Crippen LogP contribution in [0.3, 0.4) is 0 Å². The van der Waals surface area contributed by atoms with E-state index in [1.54, 1.807) is 6.92 Å². The highest BCUT2D eigenvalue weighted by atomic mass is 79.9. The minimum Gasteiger partial charge on any atom is -0.297 e. The van der Waals surface area contributed by atoms with Crippen molar-refractivity contribution >= 4 is 39.1 Å². The zero-order valence-corrected chi connectivity index (χ0v) is 8.12. The summed E-state index contributed by atoms with van der Waals surface area (Å²) >= 11 is 8.38. The maximum absolute atomic E-state index is 10.9. The molecule has 0 aliphatic carbocycles. The third-order valence-electron chi connectivity index (χ3n) is 1.11. The Balaban J connectivity index is 4.40. The average Bonchev–Trinajstić information content (AvgIpc) is 1.86. The maximum atomic E-state index is 10.9. The van der Waals surface area contributed by atoms with Crippen molar-refractivity contribution in [1.29, 1.82) is 0 Å². The van der Waals surface area contributed by atoms with Gasteiger partial charge >= 0.3 is 0 Å². The van der Waals surface area contributed by atoms with E-state index in [9.17, 15) is 9.59 Å². The van der Waals surface area contributed by atoms with E-state index in [1.807, 2.05) is 0 Å². The first-order valence-electron chi connectivity index (χ1n) is 2.85. The molecule has 0 bridgehead atoms. The van der Waals surface area contributed by atoms with Crippen LogP contribution in [-0.2, 0) is 9.59 Å². The van der Waals surface area contributed by atoms with Gasteiger partial charge in [-0.1, -0.05) is 34.5 Å². The molecule has 0 saturated carbocycles. The molecule has 2 nitrogen and oxygen atoms in total. The molecule has 0 fully saturated rings. The molecule has 0 aliphatic heterocycles. The lowest BCUT2D eigenvalue weighted by molar-refractivity contribution is -0.126. The SMILES string of the molecule is CCC(=O)C(Cl)(Br)C(C)=O. The van der Waals surface area contributed by atoms with Gasteiger partial charge in [0.25, 0.3) is 0 Å². The van der Waals surface area contributed by atoms with E-state index in [4.69, 9.17) is 11.6 Å². The predicted molar refractivity (Wildman–Crippen MR) is 43.5 cm³/mol. The summed E-state index contributed by atoms with van der Waals surface area (Å²) in [5.74, 6) is -0.678. The van der Waals surface area contributed by atoms with Crippen LogP contribution in [0.4, 0.5) is 0 Å². The van der Waals surface area contributed by atoms with Gasteiger partial charge in [0.1, 0.15) is 0 Å². The van der Waals surface area contributed by atoms with E-state index in [0.717, 1.165) is 0 Å². The summed E-state index contributed by atoms with van der Waals surface area (Å²) in [6, 6.07) is 0. The summed E-state index contributed by atoms with van der Waals surface area (Å²) in [6.07, 6.45) is 0.258. The average molecular weight is 227 g/mol. The first kappa shape index (κ1) is 10.1. The highest BCUT2D eigenvalue weighted by Crippen LogP contribution is 2.26. The third kappa shape index (κ3) is 2.06. The molecule has 4 heteroatoms. The smallest absolute Gasteiger partial charge is 0.214 e. The zero-order valence-electron chi connectivity index (χ0n) is 5.78.